The summed E-state index contributed by atoms with van der Waals surface area (Å²) in [5.74, 6) is -0.586. The van der Waals surface area contributed by atoms with E-state index in [2.05, 4.69) is 5.32 Å². The Kier molecular flexibility index (Phi) is 4.61. The van der Waals surface area contributed by atoms with Gasteiger partial charge in [0.25, 0.3) is 6.43 Å². The van der Waals surface area contributed by atoms with E-state index in [4.69, 9.17) is 4.74 Å². The Morgan fingerprint density at radius 2 is 2.06 bits per heavy atom. The van der Waals surface area contributed by atoms with E-state index in [1.54, 1.807) is 6.92 Å². The highest BCUT2D eigenvalue weighted by Crippen LogP contribution is 2.25. The summed E-state index contributed by atoms with van der Waals surface area (Å²) in [5, 5.41) is 2.61. The first-order valence-electron chi connectivity index (χ1n) is 4.95. The quantitative estimate of drug-likeness (QED) is 0.844. The number of halogens is 3. The normalized spacial score (nSPS) is 12.9. The van der Waals surface area contributed by atoms with Crippen LogP contribution in [0.25, 0.3) is 0 Å². The Labute approximate surface area is 92.4 Å². The van der Waals surface area contributed by atoms with Gasteiger partial charge in [-0.05, 0) is 24.2 Å². The molecule has 1 N–H and O–H groups in total. The number of hydrogen-bond acceptors (Lipinski definition) is 2. The van der Waals surface area contributed by atoms with Crippen LogP contribution in [0.3, 0.4) is 0 Å². The SMILES string of the molecule is CCNC(c1ccc(OC)c(F)c1)C(F)F. The van der Waals surface area contributed by atoms with Gasteiger partial charge in [0.05, 0.1) is 13.2 Å². The Balaban J connectivity index is 2.97. The Bertz CT molecular complexity index is 344. The molecule has 16 heavy (non-hydrogen) atoms. The van der Waals surface area contributed by atoms with Crippen LogP contribution in [0.5, 0.6) is 5.75 Å². The number of benzene rings is 1. The van der Waals surface area contributed by atoms with Crippen LogP contribution >= 0.6 is 0 Å². The highest BCUT2D eigenvalue weighted by Gasteiger charge is 2.22. The molecule has 5 heteroatoms. The second-order valence-corrected chi connectivity index (χ2v) is 3.26. The first-order valence-corrected chi connectivity index (χ1v) is 4.95. The van der Waals surface area contributed by atoms with E-state index in [0.29, 0.717) is 6.54 Å². The highest BCUT2D eigenvalue weighted by atomic mass is 19.3. The van der Waals surface area contributed by atoms with Gasteiger partial charge in [-0.25, -0.2) is 13.2 Å². The molecule has 0 saturated carbocycles. The topological polar surface area (TPSA) is 21.3 Å². The minimum Gasteiger partial charge on any atom is -0.494 e. The predicted molar refractivity (Wildman–Crippen MR) is 55.4 cm³/mol. The van der Waals surface area contributed by atoms with Gasteiger partial charge in [0.2, 0.25) is 0 Å². The molecule has 0 spiro atoms. The number of nitrogens with one attached hydrogen (secondary N) is 1. The van der Waals surface area contributed by atoms with Gasteiger partial charge < -0.3 is 10.1 Å². The molecule has 1 aromatic rings. The molecule has 0 aromatic heterocycles. The summed E-state index contributed by atoms with van der Waals surface area (Å²) in [6, 6.07) is 2.70. The molecular formula is C11H14F3NO. The van der Waals surface area contributed by atoms with Crippen molar-refractivity contribution in [3.05, 3.63) is 29.6 Å². The summed E-state index contributed by atoms with van der Waals surface area (Å²) < 4.78 is 43.4. The lowest BCUT2D eigenvalue weighted by Gasteiger charge is -2.17. The van der Waals surface area contributed by atoms with E-state index < -0.39 is 18.3 Å². The van der Waals surface area contributed by atoms with Gasteiger partial charge in [-0.2, -0.15) is 0 Å². The van der Waals surface area contributed by atoms with Crippen LogP contribution in [0.2, 0.25) is 0 Å². The van der Waals surface area contributed by atoms with Crippen molar-refractivity contribution in [3.63, 3.8) is 0 Å². The second kappa shape index (κ2) is 5.75. The van der Waals surface area contributed by atoms with Crippen molar-refractivity contribution in [1.82, 2.24) is 5.32 Å². The molecule has 0 aliphatic rings. The Morgan fingerprint density at radius 3 is 2.50 bits per heavy atom. The van der Waals surface area contributed by atoms with E-state index >= 15 is 0 Å². The maximum atomic E-state index is 13.3. The van der Waals surface area contributed by atoms with Gasteiger partial charge in [-0.1, -0.05) is 13.0 Å². The average Bonchev–Trinajstić information content (AvgIpc) is 2.25. The summed E-state index contributed by atoms with van der Waals surface area (Å²) in [4.78, 5) is 0. The molecule has 0 aliphatic heterocycles. The number of hydrogen-bond donors (Lipinski definition) is 1. The van der Waals surface area contributed by atoms with Gasteiger partial charge in [-0.3, -0.25) is 0 Å². The fourth-order valence-electron chi connectivity index (χ4n) is 1.45. The lowest BCUT2D eigenvalue weighted by Crippen LogP contribution is -2.27. The molecular weight excluding hydrogens is 219 g/mol. The largest absolute Gasteiger partial charge is 0.494 e. The monoisotopic (exact) mass is 233 g/mol. The van der Waals surface area contributed by atoms with Crippen LogP contribution in [0.1, 0.15) is 18.5 Å². The lowest BCUT2D eigenvalue weighted by atomic mass is 10.1. The van der Waals surface area contributed by atoms with Crippen molar-refractivity contribution < 1.29 is 17.9 Å². The fourth-order valence-corrected chi connectivity index (χ4v) is 1.45. The molecule has 0 saturated heterocycles. The first-order chi connectivity index (χ1) is 7.60. The highest BCUT2D eigenvalue weighted by molar-refractivity contribution is 5.31. The number of alkyl halides is 2. The van der Waals surface area contributed by atoms with Gasteiger partial charge >= 0.3 is 0 Å². The fraction of sp³-hybridized carbons (Fsp3) is 0.455. The summed E-state index contributed by atoms with van der Waals surface area (Å²) in [6.45, 7) is 2.11. The second-order valence-electron chi connectivity index (χ2n) is 3.26. The molecule has 1 rings (SSSR count). The zero-order chi connectivity index (χ0) is 12.1. The van der Waals surface area contributed by atoms with E-state index in [1.165, 1.54) is 19.2 Å². The summed E-state index contributed by atoms with van der Waals surface area (Å²) in [7, 11) is 1.33. The van der Waals surface area contributed by atoms with E-state index in [1.807, 2.05) is 0 Å². The lowest BCUT2D eigenvalue weighted by molar-refractivity contribution is 0.0991. The summed E-state index contributed by atoms with van der Waals surface area (Å²) in [6.07, 6.45) is -2.58. The van der Waals surface area contributed by atoms with Crippen LogP contribution in [0.15, 0.2) is 18.2 Å². The first kappa shape index (κ1) is 12.8. The third kappa shape index (κ3) is 2.88. The van der Waals surface area contributed by atoms with Crippen molar-refractivity contribution in [1.29, 1.82) is 0 Å². The third-order valence-electron chi connectivity index (χ3n) is 2.21. The van der Waals surface area contributed by atoms with Crippen LogP contribution in [-0.4, -0.2) is 20.1 Å². The number of methoxy groups -OCH3 is 1. The van der Waals surface area contributed by atoms with Crippen molar-refractivity contribution in [2.24, 2.45) is 0 Å². The minimum absolute atomic E-state index is 0.0493. The molecule has 2 nitrogen and oxygen atoms in total. The molecule has 0 radical (unpaired) electrons. The maximum Gasteiger partial charge on any atom is 0.257 e. The molecule has 0 bridgehead atoms. The van der Waals surface area contributed by atoms with Crippen molar-refractivity contribution in [2.45, 2.75) is 19.4 Å². The van der Waals surface area contributed by atoms with Crippen LogP contribution in [0, 0.1) is 5.82 Å². The van der Waals surface area contributed by atoms with Crippen molar-refractivity contribution in [3.8, 4) is 5.75 Å². The van der Waals surface area contributed by atoms with E-state index in [0.717, 1.165) is 6.07 Å². The molecule has 1 atom stereocenters. The van der Waals surface area contributed by atoms with Crippen LogP contribution in [-0.2, 0) is 0 Å². The standard InChI is InChI=1S/C11H14F3NO/c1-3-15-10(11(13)14)7-4-5-9(16-2)8(12)6-7/h4-6,10-11,15H,3H2,1-2H3. The van der Waals surface area contributed by atoms with E-state index in [-0.39, 0.29) is 11.3 Å². The summed E-state index contributed by atoms with van der Waals surface area (Å²) >= 11 is 0. The molecule has 0 amide bonds. The molecule has 0 fully saturated rings. The van der Waals surface area contributed by atoms with Gasteiger partial charge in [0.15, 0.2) is 11.6 Å². The molecule has 0 aliphatic carbocycles. The van der Waals surface area contributed by atoms with E-state index in [9.17, 15) is 13.2 Å². The van der Waals surface area contributed by atoms with Gasteiger partial charge in [0.1, 0.15) is 0 Å². The Morgan fingerprint density at radius 1 is 1.38 bits per heavy atom. The van der Waals surface area contributed by atoms with Crippen LogP contribution in [0.4, 0.5) is 13.2 Å². The van der Waals surface area contributed by atoms with Gasteiger partial charge in [0, 0.05) is 0 Å². The van der Waals surface area contributed by atoms with Crippen LogP contribution < -0.4 is 10.1 Å². The number of ether oxygens (including phenoxy) is 1. The summed E-state index contributed by atoms with van der Waals surface area (Å²) in [5.41, 5.74) is 0.218. The smallest absolute Gasteiger partial charge is 0.257 e. The zero-order valence-electron chi connectivity index (χ0n) is 9.14. The molecule has 1 aromatic carbocycles. The van der Waals surface area contributed by atoms with Gasteiger partial charge in [-0.15, -0.1) is 0 Å². The number of rotatable bonds is 5. The predicted octanol–water partition coefficient (Wildman–Crippen LogP) is 2.75. The van der Waals surface area contributed by atoms with Crippen molar-refractivity contribution in [2.75, 3.05) is 13.7 Å². The Hall–Kier alpha value is -1.23. The molecule has 1 unspecified atom stereocenters. The third-order valence-corrected chi connectivity index (χ3v) is 2.21. The maximum absolute atomic E-state index is 13.3. The zero-order valence-corrected chi connectivity index (χ0v) is 9.14. The average molecular weight is 233 g/mol. The molecule has 0 heterocycles. The molecule has 90 valence electrons. The minimum atomic E-state index is -2.58. The van der Waals surface area contributed by atoms with Crippen molar-refractivity contribution >= 4 is 0 Å².